The van der Waals surface area contributed by atoms with Crippen LogP contribution >= 0.6 is 0 Å². The van der Waals surface area contributed by atoms with Crippen molar-refractivity contribution in [1.82, 2.24) is 0 Å². The second-order valence-corrected chi connectivity index (χ2v) is 6.78. The molecule has 2 heteroatoms. The third kappa shape index (κ3) is 5.62. The van der Waals surface area contributed by atoms with Crippen LogP contribution in [0.15, 0.2) is 11.1 Å². The summed E-state index contributed by atoms with van der Waals surface area (Å²) >= 11 is 0.266. The molecule has 0 saturated carbocycles. The van der Waals surface area contributed by atoms with Gasteiger partial charge in [-0.25, -0.2) is 0 Å². The van der Waals surface area contributed by atoms with Gasteiger partial charge in [0.2, 0.25) is 0 Å². The van der Waals surface area contributed by atoms with Crippen LogP contribution in [-0.4, -0.2) is 15.0 Å². The van der Waals surface area contributed by atoms with Crippen molar-refractivity contribution in [2.45, 2.75) is 25.1 Å². The topological polar surface area (TPSA) is 23.8 Å². The van der Waals surface area contributed by atoms with Crippen LogP contribution in [0.2, 0.25) is 4.31 Å². The van der Waals surface area contributed by atoms with Gasteiger partial charge < -0.3 is 0 Å². The van der Waals surface area contributed by atoms with Crippen molar-refractivity contribution in [1.29, 1.82) is 5.26 Å². The van der Waals surface area contributed by atoms with Crippen LogP contribution in [0, 0.1) is 11.3 Å². The third-order valence-electron chi connectivity index (χ3n) is 0.554. The molecular weight excluding hydrogens is 177 g/mol. The molecule has 9 heavy (non-hydrogen) atoms. The first-order chi connectivity index (χ1) is 3.95. The summed E-state index contributed by atoms with van der Waals surface area (Å²) in [7, 11) is 0. The monoisotopic (exact) mass is 189 g/mol. The molecule has 0 amide bonds. The van der Waals surface area contributed by atoms with Crippen LogP contribution in [0.3, 0.4) is 0 Å². The predicted octanol–water partition coefficient (Wildman–Crippen LogP) is 1.95. The number of allylic oxidation sites excluding steroid dienone is 1. The molecule has 0 atom stereocenters. The molecule has 0 aliphatic carbocycles. The Bertz CT molecular complexity index is 147. The van der Waals surface area contributed by atoms with Crippen LogP contribution < -0.4 is 0 Å². The van der Waals surface area contributed by atoms with Crippen molar-refractivity contribution in [2.24, 2.45) is 0 Å². The maximum atomic E-state index is 8.36. The summed E-state index contributed by atoms with van der Waals surface area (Å²) < 4.78 is 0.995. The molecule has 0 rings (SSSR count). The van der Waals surface area contributed by atoms with Crippen molar-refractivity contribution >= 4 is 15.0 Å². The van der Waals surface area contributed by atoms with E-state index in [2.05, 4.69) is 33.4 Å². The summed E-state index contributed by atoms with van der Waals surface area (Å²) in [6, 6.07) is 2.05. The molecule has 0 aliphatic rings. The number of hydrogen-bond donors (Lipinski definition) is 0. The molecule has 0 bridgehead atoms. The van der Waals surface area contributed by atoms with Crippen LogP contribution in [0.4, 0.5) is 0 Å². The maximum absolute atomic E-state index is 8.36. The quantitative estimate of drug-likeness (QED) is 0.455. The van der Waals surface area contributed by atoms with Gasteiger partial charge in [-0.15, -0.1) is 0 Å². The van der Waals surface area contributed by atoms with E-state index in [1.165, 1.54) is 0 Å². The molecule has 0 aliphatic heterocycles. The molecule has 0 heterocycles. The van der Waals surface area contributed by atoms with Gasteiger partial charge in [-0.2, -0.15) is 0 Å². The molecule has 0 radical (unpaired) electrons. The summed E-state index contributed by atoms with van der Waals surface area (Å²) in [6.07, 6.45) is 0. The Morgan fingerprint density at radius 1 is 1.56 bits per heavy atom. The Labute approximate surface area is 62.9 Å². The van der Waals surface area contributed by atoms with E-state index in [0.29, 0.717) is 0 Å². The normalized spacial score (nSPS) is 10.4. The summed E-state index contributed by atoms with van der Waals surface area (Å²) in [5.41, 5.74) is 0. The standard InChI is InChI=1S/C7H11NSe/c1-6(5-8)9-7(2,3)4/h1H2,2-4H3. The summed E-state index contributed by atoms with van der Waals surface area (Å²) in [4.78, 5) is 0. The van der Waals surface area contributed by atoms with Crippen molar-refractivity contribution in [3.8, 4) is 6.07 Å². The van der Waals surface area contributed by atoms with E-state index < -0.39 is 0 Å². The number of rotatable bonds is 1. The van der Waals surface area contributed by atoms with E-state index in [-0.39, 0.29) is 19.3 Å². The van der Waals surface area contributed by atoms with Crippen molar-refractivity contribution in [2.75, 3.05) is 0 Å². The van der Waals surface area contributed by atoms with Gasteiger partial charge in [0.05, 0.1) is 0 Å². The van der Waals surface area contributed by atoms with Gasteiger partial charge in [0.1, 0.15) is 0 Å². The number of hydrogen-bond acceptors (Lipinski definition) is 1. The molecule has 0 aromatic carbocycles. The SMILES string of the molecule is C=C(C#N)[Se]C(C)(C)C. The van der Waals surface area contributed by atoms with Crippen molar-refractivity contribution in [3.05, 3.63) is 11.1 Å². The van der Waals surface area contributed by atoms with E-state index in [1.54, 1.807) is 0 Å². The Morgan fingerprint density at radius 2 is 2.00 bits per heavy atom. The number of nitriles is 1. The zero-order valence-corrected chi connectivity index (χ0v) is 7.78. The van der Waals surface area contributed by atoms with Gasteiger partial charge in [0, 0.05) is 0 Å². The van der Waals surface area contributed by atoms with Crippen molar-refractivity contribution < 1.29 is 0 Å². The van der Waals surface area contributed by atoms with Crippen LogP contribution in [-0.2, 0) is 0 Å². The average molecular weight is 188 g/mol. The number of nitrogens with zero attached hydrogens (tertiary/aromatic N) is 1. The molecule has 0 N–H and O–H groups in total. The Hall–Kier alpha value is -0.251. The molecule has 50 valence electrons. The van der Waals surface area contributed by atoms with Gasteiger partial charge in [0.15, 0.2) is 0 Å². The van der Waals surface area contributed by atoms with Crippen LogP contribution in [0.5, 0.6) is 0 Å². The fraction of sp³-hybridized carbons (Fsp3) is 0.571. The van der Waals surface area contributed by atoms with Gasteiger partial charge in [-0.05, 0) is 0 Å². The Kier molecular flexibility index (Phi) is 2.97. The molecule has 0 fully saturated rings. The summed E-state index contributed by atoms with van der Waals surface area (Å²) in [5.74, 6) is 0. The van der Waals surface area contributed by atoms with Gasteiger partial charge in [-0.1, -0.05) is 0 Å². The van der Waals surface area contributed by atoms with E-state index in [0.717, 1.165) is 4.47 Å². The minimum atomic E-state index is 0.264. The molecule has 1 nitrogen and oxygen atoms in total. The van der Waals surface area contributed by atoms with Crippen molar-refractivity contribution in [3.63, 3.8) is 0 Å². The zero-order chi connectivity index (χ0) is 7.49. The molecule has 0 aromatic rings. The fourth-order valence-electron chi connectivity index (χ4n) is 0.392. The van der Waals surface area contributed by atoms with Gasteiger partial charge in [-0.3, -0.25) is 0 Å². The molecule has 0 unspecified atom stereocenters. The van der Waals surface area contributed by atoms with Crippen LogP contribution in [0.25, 0.3) is 0 Å². The van der Waals surface area contributed by atoms with Gasteiger partial charge in [0.25, 0.3) is 0 Å². The third-order valence-corrected chi connectivity index (χ3v) is 2.55. The molecular formula is C7H11NSe. The zero-order valence-electron chi connectivity index (χ0n) is 6.06. The minimum absolute atomic E-state index is 0.264. The second-order valence-electron chi connectivity index (χ2n) is 2.75. The first kappa shape index (κ1) is 8.75. The first-order valence-corrected chi connectivity index (χ1v) is 4.45. The first-order valence-electron chi connectivity index (χ1n) is 2.74. The molecule has 0 saturated heterocycles. The van der Waals surface area contributed by atoms with E-state index in [4.69, 9.17) is 5.26 Å². The fourth-order valence-corrected chi connectivity index (χ4v) is 2.04. The van der Waals surface area contributed by atoms with E-state index in [9.17, 15) is 0 Å². The average Bonchev–Trinajstić information content (AvgIpc) is 1.62. The van der Waals surface area contributed by atoms with E-state index in [1.807, 2.05) is 0 Å². The van der Waals surface area contributed by atoms with Gasteiger partial charge >= 0.3 is 62.4 Å². The van der Waals surface area contributed by atoms with E-state index >= 15 is 0 Å². The predicted molar refractivity (Wildman–Crippen MR) is 40.2 cm³/mol. The summed E-state index contributed by atoms with van der Waals surface area (Å²) in [6.45, 7) is 9.99. The Morgan fingerprint density at radius 3 is 2.11 bits per heavy atom. The molecule has 0 aromatic heterocycles. The summed E-state index contributed by atoms with van der Waals surface area (Å²) in [5, 5.41) is 8.36. The Balaban J connectivity index is 3.78. The second kappa shape index (κ2) is 3.06. The van der Waals surface area contributed by atoms with Crippen LogP contribution in [0.1, 0.15) is 20.8 Å². The molecule has 0 spiro atoms.